The van der Waals surface area contributed by atoms with Crippen molar-refractivity contribution in [2.75, 3.05) is 24.6 Å². The van der Waals surface area contributed by atoms with Crippen LogP contribution in [0.4, 0.5) is 5.95 Å². The normalized spacial score (nSPS) is 24.4. The predicted molar refractivity (Wildman–Crippen MR) is 133 cm³/mol. The van der Waals surface area contributed by atoms with Gasteiger partial charge in [-0.25, -0.2) is 18.1 Å². The van der Waals surface area contributed by atoms with Gasteiger partial charge in [0.2, 0.25) is 11.8 Å². The second kappa shape index (κ2) is 9.48. The van der Waals surface area contributed by atoms with Gasteiger partial charge in [-0.05, 0) is 42.9 Å². The Balaban J connectivity index is 1.80. The molecule has 2 aliphatic rings. The molecule has 2 unspecified atom stereocenters. The van der Waals surface area contributed by atoms with Crippen LogP contribution < -0.4 is 9.46 Å². The van der Waals surface area contributed by atoms with Gasteiger partial charge in [-0.15, -0.1) is 0 Å². The highest BCUT2D eigenvalue weighted by atomic mass is 32.2. The average molecular weight is 485 g/mol. The van der Waals surface area contributed by atoms with Crippen molar-refractivity contribution in [1.29, 1.82) is 0 Å². The summed E-state index contributed by atoms with van der Waals surface area (Å²) >= 11 is 0. The number of nitrogens with zero attached hydrogens (tertiary/aromatic N) is 3. The van der Waals surface area contributed by atoms with Crippen molar-refractivity contribution in [3.8, 4) is 17.1 Å². The van der Waals surface area contributed by atoms with Gasteiger partial charge >= 0.3 is 0 Å². The molecular weight excluding hydrogens is 452 g/mol. The van der Waals surface area contributed by atoms with Crippen molar-refractivity contribution in [1.82, 2.24) is 14.9 Å². The summed E-state index contributed by atoms with van der Waals surface area (Å²) in [5.41, 5.74) is 2.40. The third-order valence-corrected chi connectivity index (χ3v) is 7.52. The smallest absolute Gasteiger partial charge is 0.266 e. The minimum atomic E-state index is -4.01. The summed E-state index contributed by atoms with van der Waals surface area (Å²) in [5.74, 6) is 0.273. The monoisotopic (exact) mass is 484 g/mol. The Morgan fingerprint density at radius 2 is 1.97 bits per heavy atom. The molecule has 4 rings (SSSR count). The van der Waals surface area contributed by atoms with E-state index in [-0.39, 0.29) is 24.1 Å². The van der Waals surface area contributed by atoms with Gasteiger partial charge in [0.25, 0.3) is 10.0 Å². The van der Waals surface area contributed by atoms with Crippen molar-refractivity contribution in [3.63, 3.8) is 0 Å². The predicted octanol–water partition coefficient (Wildman–Crippen LogP) is 4.04. The minimum absolute atomic E-state index is 0.0556. The molecule has 0 saturated carbocycles. The third kappa shape index (κ3) is 5.32. The van der Waals surface area contributed by atoms with Crippen molar-refractivity contribution < 1.29 is 17.9 Å². The van der Waals surface area contributed by atoms with Crippen LogP contribution >= 0.6 is 0 Å². The highest BCUT2D eigenvalue weighted by Crippen LogP contribution is 2.35. The number of ether oxygens (including phenoxy) is 2. The molecule has 2 atom stereocenters. The van der Waals surface area contributed by atoms with Crippen molar-refractivity contribution >= 4 is 16.0 Å². The SMILES string of the molecule is C=CC=CC1OCN2CC(C)(C)CC2COc2cc(-c3c(C)cccc3C)nc(n2)NS1(=O)=O. The van der Waals surface area contributed by atoms with E-state index in [4.69, 9.17) is 9.47 Å². The number of hydrogen-bond acceptors (Lipinski definition) is 7. The Morgan fingerprint density at radius 1 is 1.24 bits per heavy atom. The number of anilines is 1. The molecule has 2 aromatic rings. The lowest BCUT2D eigenvalue weighted by atomic mass is 9.91. The number of nitrogens with one attached hydrogen (secondary N) is 1. The van der Waals surface area contributed by atoms with Gasteiger partial charge < -0.3 is 9.47 Å². The molecule has 34 heavy (non-hydrogen) atoms. The first-order chi connectivity index (χ1) is 16.1. The molecule has 0 aliphatic carbocycles. The fraction of sp³-hybridized carbons (Fsp3) is 0.440. The first kappa shape index (κ1) is 24.4. The Hall–Kier alpha value is -2.75. The Bertz CT molecular complexity index is 1190. The Morgan fingerprint density at radius 3 is 2.68 bits per heavy atom. The van der Waals surface area contributed by atoms with E-state index in [9.17, 15) is 8.42 Å². The zero-order valence-corrected chi connectivity index (χ0v) is 20.9. The summed E-state index contributed by atoms with van der Waals surface area (Å²) in [6.45, 7) is 13.4. The van der Waals surface area contributed by atoms with Crippen LogP contribution in [-0.4, -0.2) is 54.6 Å². The van der Waals surface area contributed by atoms with Gasteiger partial charge in [0.05, 0.1) is 5.69 Å². The maximum Gasteiger partial charge on any atom is 0.266 e. The van der Waals surface area contributed by atoms with Crippen LogP contribution in [0, 0.1) is 19.3 Å². The van der Waals surface area contributed by atoms with Crippen molar-refractivity contribution in [2.24, 2.45) is 5.41 Å². The number of benzene rings is 1. The van der Waals surface area contributed by atoms with E-state index in [1.807, 2.05) is 32.0 Å². The second-order valence-corrected chi connectivity index (χ2v) is 11.5. The van der Waals surface area contributed by atoms with E-state index in [0.717, 1.165) is 29.7 Å². The molecule has 0 radical (unpaired) electrons. The molecule has 1 saturated heterocycles. The number of rotatable bonds is 3. The summed E-state index contributed by atoms with van der Waals surface area (Å²) in [7, 11) is -4.01. The third-order valence-electron chi connectivity index (χ3n) is 6.15. The van der Waals surface area contributed by atoms with E-state index in [1.165, 1.54) is 12.2 Å². The number of sulfonamides is 1. The lowest BCUT2D eigenvalue weighted by Gasteiger charge is -2.27. The summed E-state index contributed by atoms with van der Waals surface area (Å²) in [6.07, 6.45) is 5.44. The van der Waals surface area contributed by atoms with E-state index in [2.05, 4.69) is 40.0 Å². The average Bonchev–Trinajstić information content (AvgIpc) is 3.04. The van der Waals surface area contributed by atoms with Gasteiger partial charge in [0.1, 0.15) is 13.3 Å². The molecule has 182 valence electrons. The molecule has 3 heterocycles. The number of aromatic nitrogens is 2. The van der Waals surface area contributed by atoms with Crippen LogP contribution in [0.1, 0.15) is 31.4 Å². The molecule has 2 aliphatic heterocycles. The lowest BCUT2D eigenvalue weighted by molar-refractivity contribution is 0.00788. The summed E-state index contributed by atoms with van der Waals surface area (Å²) in [4.78, 5) is 11.0. The number of hydrogen-bond donors (Lipinski definition) is 1. The topological polar surface area (TPSA) is 93.7 Å². The van der Waals surface area contributed by atoms with Crippen LogP contribution in [0.2, 0.25) is 0 Å². The highest BCUT2D eigenvalue weighted by molar-refractivity contribution is 7.93. The van der Waals surface area contributed by atoms with Crippen molar-refractivity contribution in [2.45, 2.75) is 45.6 Å². The first-order valence-electron chi connectivity index (χ1n) is 11.3. The van der Waals surface area contributed by atoms with E-state index in [1.54, 1.807) is 12.1 Å². The molecule has 9 heteroatoms. The Labute approximate surface area is 201 Å². The molecule has 0 amide bonds. The molecule has 0 spiro atoms. The molecule has 8 nitrogen and oxygen atoms in total. The van der Waals surface area contributed by atoms with Gasteiger partial charge in [-0.3, -0.25) is 4.90 Å². The first-order valence-corrected chi connectivity index (χ1v) is 12.9. The van der Waals surface area contributed by atoms with E-state index >= 15 is 0 Å². The largest absolute Gasteiger partial charge is 0.476 e. The zero-order chi connectivity index (χ0) is 24.5. The maximum atomic E-state index is 13.3. The van der Waals surface area contributed by atoms with Gasteiger partial charge in [0, 0.05) is 24.2 Å². The Kier molecular flexibility index (Phi) is 6.80. The molecule has 1 aromatic carbocycles. The molecule has 1 aromatic heterocycles. The zero-order valence-electron chi connectivity index (χ0n) is 20.1. The van der Waals surface area contributed by atoms with Crippen LogP contribution in [0.25, 0.3) is 11.3 Å². The number of aryl methyl sites for hydroxylation is 2. The maximum absolute atomic E-state index is 13.3. The van der Waals surface area contributed by atoms with Crippen LogP contribution in [-0.2, 0) is 14.8 Å². The van der Waals surface area contributed by atoms with E-state index in [0.29, 0.717) is 18.2 Å². The van der Waals surface area contributed by atoms with Gasteiger partial charge in [0.15, 0.2) is 5.44 Å². The van der Waals surface area contributed by atoms with Crippen LogP contribution in [0.3, 0.4) is 0 Å². The minimum Gasteiger partial charge on any atom is -0.476 e. The standard InChI is InChI=1S/C25H32N4O4S/c1-6-7-11-22-33-16-29-15-25(4,5)13-19(29)14-32-21-12-20(23-17(2)9-8-10-18(23)3)26-24(27-21)28-34(22,30)31/h6-12,19,22H,1,13-16H2,2-5H3,(H,26,27,28). The van der Waals surface area contributed by atoms with Crippen molar-refractivity contribution in [3.05, 3.63) is 60.2 Å². The number of allylic oxidation sites excluding steroid dienone is 2. The quantitative estimate of drug-likeness (QED) is 0.657. The summed E-state index contributed by atoms with van der Waals surface area (Å²) in [5, 5.41) is 0. The fourth-order valence-electron chi connectivity index (χ4n) is 4.67. The molecule has 1 N–H and O–H groups in total. The lowest BCUT2D eigenvalue weighted by Crippen LogP contribution is -2.40. The van der Waals surface area contributed by atoms with Crippen LogP contribution in [0.5, 0.6) is 5.88 Å². The van der Waals surface area contributed by atoms with Gasteiger partial charge in [-0.1, -0.05) is 50.8 Å². The summed E-state index contributed by atoms with van der Waals surface area (Å²) in [6, 6.07) is 7.81. The van der Waals surface area contributed by atoms with E-state index < -0.39 is 15.5 Å². The second-order valence-electron chi connectivity index (χ2n) is 9.69. The summed E-state index contributed by atoms with van der Waals surface area (Å²) < 4.78 is 41.1. The molecule has 1 fully saturated rings. The fourth-order valence-corrected chi connectivity index (χ4v) is 5.67. The molecular formula is C25H32N4O4S. The molecule has 2 bridgehead atoms. The number of fused-ring (bicyclic) bond motifs is 3. The van der Waals surface area contributed by atoms with Crippen LogP contribution in [0.15, 0.2) is 49.1 Å². The van der Waals surface area contributed by atoms with Gasteiger partial charge in [-0.2, -0.15) is 4.98 Å². The highest BCUT2D eigenvalue weighted by Gasteiger charge is 2.39.